The molecule has 1 aromatic rings. The normalized spacial score (nSPS) is 21.5. The van der Waals surface area contributed by atoms with Gasteiger partial charge in [-0.3, -0.25) is 15.1 Å². The minimum absolute atomic E-state index is 0.202. The van der Waals surface area contributed by atoms with Crippen molar-refractivity contribution in [2.75, 3.05) is 6.54 Å². The van der Waals surface area contributed by atoms with Crippen molar-refractivity contribution in [1.82, 2.24) is 10.6 Å². The van der Waals surface area contributed by atoms with Crippen molar-refractivity contribution in [3.8, 4) is 0 Å². The summed E-state index contributed by atoms with van der Waals surface area (Å²) in [7, 11) is 0. The van der Waals surface area contributed by atoms with Crippen LogP contribution in [-0.2, 0) is 4.79 Å². The molecule has 0 aromatic heterocycles. The molecule has 1 aromatic carbocycles. The smallest absolute Gasteiger partial charge is 0.254 e. The topological polar surface area (TPSA) is 53.5 Å². The molecule has 1 aliphatic rings. The molecule has 0 saturated carbocycles. The minimum Gasteiger partial charge on any atom is -0.340 e. The van der Waals surface area contributed by atoms with Gasteiger partial charge in [-0.2, -0.15) is 0 Å². The molecule has 6 heteroatoms. The number of amides is 1. The molecular weight excluding hydrogens is 261 g/mol. The van der Waals surface area contributed by atoms with Crippen molar-refractivity contribution in [2.24, 2.45) is 4.99 Å². The number of benzene rings is 1. The first-order valence-electron chi connectivity index (χ1n) is 5.19. The average molecular weight is 272 g/mol. The van der Waals surface area contributed by atoms with E-state index in [4.69, 9.17) is 23.2 Å². The molecular formula is C11H11Cl2N3O. The van der Waals surface area contributed by atoms with Gasteiger partial charge in [0.05, 0.1) is 0 Å². The third kappa shape index (κ3) is 2.37. The van der Waals surface area contributed by atoms with Gasteiger partial charge in [0.25, 0.3) is 5.91 Å². The highest BCUT2D eigenvalue weighted by atomic mass is 35.5. The van der Waals surface area contributed by atoms with Crippen LogP contribution in [0.4, 0.5) is 0 Å². The second kappa shape index (κ2) is 4.94. The molecule has 0 aliphatic carbocycles. The van der Waals surface area contributed by atoms with E-state index < -0.39 is 6.04 Å². The molecule has 1 aliphatic heterocycles. The lowest BCUT2D eigenvalue weighted by Gasteiger charge is -2.11. The maximum atomic E-state index is 11.8. The number of nitrogens with zero attached hydrogens (tertiary/aromatic N) is 1. The summed E-state index contributed by atoms with van der Waals surface area (Å²) in [6.07, 6.45) is 0. The summed E-state index contributed by atoms with van der Waals surface area (Å²) in [6.45, 7) is 2.47. The first-order valence-corrected chi connectivity index (χ1v) is 5.95. The first kappa shape index (κ1) is 12.2. The highest BCUT2D eigenvalue weighted by molar-refractivity contribution is 6.36. The lowest BCUT2D eigenvalue weighted by Crippen LogP contribution is -2.25. The van der Waals surface area contributed by atoms with Gasteiger partial charge >= 0.3 is 0 Å². The van der Waals surface area contributed by atoms with Crippen molar-refractivity contribution in [1.29, 1.82) is 0 Å². The van der Waals surface area contributed by atoms with Crippen molar-refractivity contribution < 1.29 is 4.79 Å². The molecule has 1 saturated heterocycles. The van der Waals surface area contributed by atoms with E-state index in [1.165, 1.54) is 0 Å². The van der Waals surface area contributed by atoms with Gasteiger partial charge in [-0.1, -0.05) is 29.3 Å². The van der Waals surface area contributed by atoms with Crippen LogP contribution < -0.4 is 10.6 Å². The molecule has 0 spiro atoms. The fourth-order valence-electron chi connectivity index (χ4n) is 1.66. The minimum atomic E-state index is -0.582. The second-order valence-electron chi connectivity index (χ2n) is 3.52. The Morgan fingerprint density at radius 2 is 2.00 bits per heavy atom. The number of rotatable bonds is 2. The fraction of sp³-hybridized carbons (Fsp3) is 0.273. The molecule has 1 fully saturated rings. The van der Waals surface area contributed by atoms with Gasteiger partial charge in [-0.05, 0) is 19.1 Å². The SMILES string of the molecule is CCN=C1NC(=O)C(c2c(Cl)cccc2Cl)N1. The number of carbonyl (C=O) groups is 1. The molecule has 1 atom stereocenters. The predicted octanol–water partition coefficient (Wildman–Crippen LogP) is 2.13. The molecule has 2 N–H and O–H groups in total. The number of halogens is 2. The average Bonchev–Trinajstić information content (AvgIpc) is 2.60. The zero-order valence-electron chi connectivity index (χ0n) is 9.13. The third-order valence-electron chi connectivity index (χ3n) is 2.39. The van der Waals surface area contributed by atoms with E-state index in [1.54, 1.807) is 18.2 Å². The van der Waals surface area contributed by atoms with Crippen LogP contribution in [0.5, 0.6) is 0 Å². The number of hydrogen-bond donors (Lipinski definition) is 2. The number of aliphatic imine (C=N–C) groups is 1. The third-order valence-corrected chi connectivity index (χ3v) is 3.05. The van der Waals surface area contributed by atoms with Crippen molar-refractivity contribution in [3.63, 3.8) is 0 Å². The quantitative estimate of drug-likeness (QED) is 0.866. The van der Waals surface area contributed by atoms with Crippen molar-refractivity contribution in [3.05, 3.63) is 33.8 Å². The summed E-state index contributed by atoms with van der Waals surface area (Å²) in [5, 5.41) is 6.52. The summed E-state index contributed by atoms with van der Waals surface area (Å²) in [6, 6.07) is 4.56. The van der Waals surface area contributed by atoms with Crippen LogP contribution in [0.1, 0.15) is 18.5 Å². The van der Waals surface area contributed by atoms with Gasteiger partial charge in [0, 0.05) is 22.2 Å². The first-order chi connectivity index (χ1) is 8.13. The Labute approximate surface area is 109 Å². The fourth-order valence-corrected chi connectivity index (χ4v) is 2.28. The van der Waals surface area contributed by atoms with Crippen LogP contribution in [0.2, 0.25) is 10.0 Å². The maximum absolute atomic E-state index is 11.8. The number of hydrogen-bond acceptors (Lipinski definition) is 2. The van der Waals surface area contributed by atoms with Crippen molar-refractivity contribution >= 4 is 35.1 Å². The Balaban J connectivity index is 2.36. The van der Waals surface area contributed by atoms with E-state index in [9.17, 15) is 4.79 Å². The lowest BCUT2D eigenvalue weighted by molar-refractivity contribution is -0.120. The van der Waals surface area contributed by atoms with Gasteiger partial charge in [0.15, 0.2) is 5.96 Å². The van der Waals surface area contributed by atoms with E-state index >= 15 is 0 Å². The molecule has 1 unspecified atom stereocenters. The summed E-state index contributed by atoms with van der Waals surface area (Å²) in [5.74, 6) is 0.255. The highest BCUT2D eigenvalue weighted by Gasteiger charge is 2.32. The van der Waals surface area contributed by atoms with Crippen LogP contribution in [0.15, 0.2) is 23.2 Å². The van der Waals surface area contributed by atoms with Crippen LogP contribution in [0.25, 0.3) is 0 Å². The van der Waals surface area contributed by atoms with Crippen LogP contribution in [0, 0.1) is 0 Å². The molecule has 17 heavy (non-hydrogen) atoms. The Bertz CT molecular complexity index is 467. The van der Waals surface area contributed by atoms with Gasteiger partial charge in [0.2, 0.25) is 0 Å². The number of carbonyl (C=O) groups excluding carboxylic acids is 1. The zero-order valence-corrected chi connectivity index (χ0v) is 10.6. The zero-order chi connectivity index (χ0) is 12.4. The van der Waals surface area contributed by atoms with Crippen LogP contribution in [0.3, 0.4) is 0 Å². The summed E-state index contributed by atoms with van der Waals surface area (Å²) >= 11 is 12.1. The van der Waals surface area contributed by atoms with Gasteiger partial charge in [-0.25, -0.2) is 0 Å². The Hall–Kier alpha value is -1.26. The maximum Gasteiger partial charge on any atom is 0.254 e. The second-order valence-corrected chi connectivity index (χ2v) is 4.34. The summed E-state index contributed by atoms with van der Waals surface area (Å²) in [5.41, 5.74) is 0.578. The Morgan fingerprint density at radius 1 is 1.35 bits per heavy atom. The molecule has 4 nitrogen and oxygen atoms in total. The highest BCUT2D eigenvalue weighted by Crippen LogP contribution is 2.31. The molecule has 1 heterocycles. The van der Waals surface area contributed by atoms with E-state index in [0.717, 1.165) is 0 Å². The van der Waals surface area contributed by atoms with Crippen LogP contribution in [-0.4, -0.2) is 18.4 Å². The number of nitrogens with one attached hydrogen (secondary N) is 2. The molecule has 2 rings (SSSR count). The summed E-state index contributed by atoms with van der Waals surface area (Å²) < 4.78 is 0. The lowest BCUT2D eigenvalue weighted by atomic mass is 10.1. The Kier molecular flexibility index (Phi) is 3.54. The Morgan fingerprint density at radius 3 is 2.59 bits per heavy atom. The molecule has 90 valence electrons. The molecule has 0 bridgehead atoms. The van der Waals surface area contributed by atoms with Crippen LogP contribution >= 0.6 is 23.2 Å². The van der Waals surface area contributed by atoms with Gasteiger partial charge < -0.3 is 5.32 Å². The van der Waals surface area contributed by atoms with Gasteiger partial charge in [-0.15, -0.1) is 0 Å². The van der Waals surface area contributed by atoms with E-state index in [0.29, 0.717) is 28.1 Å². The largest absolute Gasteiger partial charge is 0.340 e. The monoisotopic (exact) mass is 271 g/mol. The molecule has 1 amide bonds. The summed E-state index contributed by atoms with van der Waals surface area (Å²) in [4.78, 5) is 15.9. The van der Waals surface area contributed by atoms with Crippen molar-refractivity contribution in [2.45, 2.75) is 13.0 Å². The predicted molar refractivity (Wildman–Crippen MR) is 68.5 cm³/mol. The van der Waals surface area contributed by atoms with E-state index in [-0.39, 0.29) is 5.91 Å². The molecule has 0 radical (unpaired) electrons. The van der Waals surface area contributed by atoms with Gasteiger partial charge in [0.1, 0.15) is 6.04 Å². The van der Waals surface area contributed by atoms with E-state index in [1.807, 2.05) is 6.92 Å². The van der Waals surface area contributed by atoms with E-state index in [2.05, 4.69) is 15.6 Å². The standard InChI is InChI=1S/C11H11Cl2N3O/c1-2-14-11-15-9(10(17)16-11)8-6(12)4-3-5-7(8)13/h3-5,9H,2H2,1H3,(H2,14,15,16,17). The number of guanidine groups is 1.